The van der Waals surface area contributed by atoms with Crippen LogP contribution in [-0.2, 0) is 4.74 Å². The minimum atomic E-state index is -0.277. The van der Waals surface area contributed by atoms with Gasteiger partial charge in [0.15, 0.2) is 0 Å². The number of carbonyl (C=O) groups excluding carboxylic acids is 1. The maximum atomic E-state index is 12.3. The van der Waals surface area contributed by atoms with Crippen LogP contribution in [0.3, 0.4) is 0 Å². The van der Waals surface area contributed by atoms with Gasteiger partial charge in [0.1, 0.15) is 17.3 Å². The lowest BCUT2D eigenvalue weighted by molar-refractivity contribution is 0.102. The highest BCUT2D eigenvalue weighted by atomic mass is 16.5. The summed E-state index contributed by atoms with van der Waals surface area (Å²) in [7, 11) is 0. The molecule has 6 nitrogen and oxygen atoms in total. The third kappa shape index (κ3) is 3.35. The SMILES string of the molecule is O=C(Nc1ccc(O)cc1)c1cccc(N2CCOCC2)n1. The van der Waals surface area contributed by atoms with Crippen molar-refractivity contribution in [2.45, 2.75) is 0 Å². The van der Waals surface area contributed by atoms with E-state index in [-0.39, 0.29) is 11.7 Å². The number of amides is 1. The van der Waals surface area contributed by atoms with Crippen LogP contribution < -0.4 is 10.2 Å². The molecule has 114 valence electrons. The predicted molar refractivity (Wildman–Crippen MR) is 83.3 cm³/mol. The summed E-state index contributed by atoms with van der Waals surface area (Å²) in [4.78, 5) is 18.8. The second kappa shape index (κ2) is 6.44. The zero-order chi connectivity index (χ0) is 15.4. The number of aromatic hydroxyl groups is 1. The molecule has 0 spiro atoms. The molecular weight excluding hydrogens is 282 g/mol. The van der Waals surface area contributed by atoms with E-state index in [9.17, 15) is 9.90 Å². The van der Waals surface area contributed by atoms with Gasteiger partial charge in [0.2, 0.25) is 0 Å². The van der Waals surface area contributed by atoms with E-state index in [1.54, 1.807) is 18.2 Å². The van der Waals surface area contributed by atoms with Gasteiger partial charge in [0.05, 0.1) is 13.2 Å². The Bertz CT molecular complexity index is 652. The zero-order valence-corrected chi connectivity index (χ0v) is 12.0. The first-order chi connectivity index (χ1) is 10.7. The van der Waals surface area contributed by atoms with E-state index in [0.29, 0.717) is 24.6 Å². The van der Waals surface area contributed by atoms with E-state index < -0.39 is 0 Å². The standard InChI is InChI=1S/C16H17N3O3/c20-13-6-4-12(5-7-13)17-16(21)14-2-1-3-15(18-14)19-8-10-22-11-9-19/h1-7,20H,8-11H2,(H,17,21). The molecule has 3 rings (SSSR count). The number of anilines is 2. The first kappa shape index (κ1) is 14.3. The molecule has 0 radical (unpaired) electrons. The maximum Gasteiger partial charge on any atom is 0.274 e. The van der Waals surface area contributed by atoms with E-state index in [1.165, 1.54) is 12.1 Å². The predicted octanol–water partition coefficient (Wildman–Crippen LogP) is 1.88. The minimum Gasteiger partial charge on any atom is -0.508 e. The van der Waals surface area contributed by atoms with Gasteiger partial charge in [-0.05, 0) is 36.4 Å². The Labute approximate surface area is 128 Å². The summed E-state index contributed by atoms with van der Waals surface area (Å²) in [6.07, 6.45) is 0. The van der Waals surface area contributed by atoms with Crippen molar-refractivity contribution in [1.82, 2.24) is 4.98 Å². The molecule has 6 heteroatoms. The molecule has 1 saturated heterocycles. The number of nitrogens with one attached hydrogen (secondary N) is 1. The largest absolute Gasteiger partial charge is 0.508 e. The number of morpholine rings is 1. The van der Waals surface area contributed by atoms with E-state index in [4.69, 9.17) is 4.74 Å². The van der Waals surface area contributed by atoms with Gasteiger partial charge in [-0.15, -0.1) is 0 Å². The van der Waals surface area contributed by atoms with Crippen LogP contribution in [0.25, 0.3) is 0 Å². The molecule has 2 aromatic rings. The Morgan fingerprint density at radius 3 is 2.59 bits per heavy atom. The molecule has 1 aromatic heterocycles. The third-order valence-corrected chi connectivity index (χ3v) is 3.43. The second-order valence-electron chi connectivity index (χ2n) is 4.98. The van der Waals surface area contributed by atoms with Crippen molar-refractivity contribution in [3.8, 4) is 5.75 Å². The van der Waals surface area contributed by atoms with Gasteiger partial charge in [-0.2, -0.15) is 0 Å². The second-order valence-corrected chi connectivity index (χ2v) is 4.98. The van der Waals surface area contributed by atoms with Gasteiger partial charge < -0.3 is 20.1 Å². The number of hydrogen-bond donors (Lipinski definition) is 2. The molecule has 0 bridgehead atoms. The van der Waals surface area contributed by atoms with E-state index in [0.717, 1.165) is 18.9 Å². The Balaban J connectivity index is 1.73. The Morgan fingerprint density at radius 2 is 1.86 bits per heavy atom. The number of benzene rings is 1. The number of phenols is 1. The number of hydrogen-bond acceptors (Lipinski definition) is 5. The van der Waals surface area contributed by atoms with Crippen molar-refractivity contribution in [1.29, 1.82) is 0 Å². The van der Waals surface area contributed by atoms with Gasteiger partial charge >= 0.3 is 0 Å². The van der Waals surface area contributed by atoms with Gasteiger partial charge in [0, 0.05) is 18.8 Å². The highest BCUT2D eigenvalue weighted by Gasteiger charge is 2.15. The lowest BCUT2D eigenvalue weighted by atomic mass is 10.2. The summed E-state index contributed by atoms with van der Waals surface area (Å²) >= 11 is 0. The number of ether oxygens (including phenoxy) is 1. The Morgan fingerprint density at radius 1 is 1.14 bits per heavy atom. The monoisotopic (exact) mass is 299 g/mol. The topological polar surface area (TPSA) is 74.7 Å². The van der Waals surface area contributed by atoms with Crippen molar-refractivity contribution in [2.75, 3.05) is 36.5 Å². The first-order valence-corrected chi connectivity index (χ1v) is 7.12. The van der Waals surface area contributed by atoms with Crippen molar-refractivity contribution in [3.05, 3.63) is 48.2 Å². The van der Waals surface area contributed by atoms with Crippen molar-refractivity contribution in [3.63, 3.8) is 0 Å². The molecule has 1 fully saturated rings. The highest BCUT2D eigenvalue weighted by molar-refractivity contribution is 6.03. The van der Waals surface area contributed by atoms with E-state index in [1.807, 2.05) is 12.1 Å². The number of nitrogens with zero attached hydrogens (tertiary/aromatic N) is 2. The molecule has 1 amide bonds. The average Bonchev–Trinajstić information content (AvgIpc) is 2.58. The van der Waals surface area contributed by atoms with Crippen LogP contribution in [-0.4, -0.2) is 42.3 Å². The molecule has 0 saturated carbocycles. The Hall–Kier alpha value is -2.60. The molecule has 1 aliphatic rings. The van der Waals surface area contributed by atoms with Gasteiger partial charge in [-0.25, -0.2) is 4.98 Å². The summed E-state index contributed by atoms with van der Waals surface area (Å²) in [6, 6.07) is 11.7. The lowest BCUT2D eigenvalue weighted by Gasteiger charge is -2.27. The summed E-state index contributed by atoms with van der Waals surface area (Å²) in [5.41, 5.74) is 0.971. The van der Waals surface area contributed by atoms with Crippen LogP contribution in [0, 0.1) is 0 Å². The van der Waals surface area contributed by atoms with Crippen molar-refractivity contribution < 1.29 is 14.6 Å². The molecule has 0 unspecified atom stereocenters. The maximum absolute atomic E-state index is 12.3. The quantitative estimate of drug-likeness (QED) is 0.846. The van der Waals surface area contributed by atoms with Crippen LogP contribution in [0.15, 0.2) is 42.5 Å². The molecule has 0 atom stereocenters. The first-order valence-electron chi connectivity index (χ1n) is 7.12. The number of rotatable bonds is 3. The summed E-state index contributed by atoms with van der Waals surface area (Å²) in [6.45, 7) is 2.89. The smallest absolute Gasteiger partial charge is 0.274 e. The number of phenolic OH excluding ortho intramolecular Hbond substituents is 1. The fourth-order valence-electron chi connectivity index (χ4n) is 2.26. The van der Waals surface area contributed by atoms with Crippen LogP contribution in [0.5, 0.6) is 5.75 Å². The van der Waals surface area contributed by atoms with Crippen LogP contribution in [0.2, 0.25) is 0 Å². The molecule has 22 heavy (non-hydrogen) atoms. The molecule has 0 aliphatic carbocycles. The average molecular weight is 299 g/mol. The lowest BCUT2D eigenvalue weighted by Crippen LogP contribution is -2.37. The van der Waals surface area contributed by atoms with Crippen LogP contribution in [0.1, 0.15) is 10.5 Å². The summed E-state index contributed by atoms with van der Waals surface area (Å²) < 4.78 is 5.32. The van der Waals surface area contributed by atoms with Crippen LogP contribution >= 0.6 is 0 Å². The summed E-state index contributed by atoms with van der Waals surface area (Å²) in [5.74, 6) is 0.660. The number of aromatic nitrogens is 1. The van der Waals surface area contributed by atoms with Crippen molar-refractivity contribution >= 4 is 17.4 Å². The van der Waals surface area contributed by atoms with E-state index >= 15 is 0 Å². The summed E-state index contributed by atoms with van der Waals surface area (Å²) in [5, 5.41) is 12.0. The minimum absolute atomic E-state index is 0.158. The third-order valence-electron chi connectivity index (χ3n) is 3.43. The molecule has 2 heterocycles. The molecule has 2 N–H and O–H groups in total. The number of pyridine rings is 1. The zero-order valence-electron chi connectivity index (χ0n) is 12.0. The molecule has 1 aromatic carbocycles. The van der Waals surface area contributed by atoms with Gasteiger partial charge in [-0.1, -0.05) is 6.07 Å². The van der Waals surface area contributed by atoms with Gasteiger partial charge in [0.25, 0.3) is 5.91 Å². The molecule has 1 aliphatic heterocycles. The highest BCUT2D eigenvalue weighted by Crippen LogP contribution is 2.16. The molecular formula is C16H17N3O3. The normalized spacial score (nSPS) is 14.6. The fraction of sp³-hybridized carbons (Fsp3) is 0.250. The van der Waals surface area contributed by atoms with Crippen LogP contribution in [0.4, 0.5) is 11.5 Å². The van der Waals surface area contributed by atoms with Crippen molar-refractivity contribution in [2.24, 2.45) is 0 Å². The fourth-order valence-corrected chi connectivity index (χ4v) is 2.26. The Kier molecular flexibility index (Phi) is 4.20. The van der Waals surface area contributed by atoms with Gasteiger partial charge in [-0.3, -0.25) is 4.79 Å². The number of carbonyl (C=O) groups is 1. The van der Waals surface area contributed by atoms with E-state index in [2.05, 4.69) is 15.2 Å².